The quantitative estimate of drug-likeness (QED) is 0.786. The first-order chi connectivity index (χ1) is 6.79. The van der Waals surface area contributed by atoms with Crippen molar-refractivity contribution >= 4 is 0 Å². The minimum Gasteiger partial charge on any atom is -0.491 e. The minimum atomic E-state index is -0.476. The van der Waals surface area contributed by atoms with Gasteiger partial charge in [-0.25, -0.2) is 4.39 Å². The Kier molecular flexibility index (Phi) is 4.40. The average Bonchev–Trinajstić information content (AvgIpc) is 2.25. The Morgan fingerprint density at radius 2 is 2.14 bits per heavy atom. The molecule has 14 heavy (non-hydrogen) atoms. The highest BCUT2D eigenvalue weighted by molar-refractivity contribution is 5.35. The van der Waals surface area contributed by atoms with Crippen LogP contribution in [0.25, 0.3) is 0 Å². The number of nitrogens with two attached hydrogens (primary N) is 1. The van der Waals surface area contributed by atoms with Crippen LogP contribution in [-0.2, 0) is 0 Å². The molecule has 0 aromatic heterocycles. The van der Waals surface area contributed by atoms with Gasteiger partial charge in [-0.1, -0.05) is 25.1 Å². The summed E-state index contributed by atoms with van der Waals surface area (Å²) in [5.74, 6) is 0.694. The summed E-state index contributed by atoms with van der Waals surface area (Å²) >= 11 is 0. The first-order valence-electron chi connectivity index (χ1n) is 4.82. The van der Waals surface area contributed by atoms with Gasteiger partial charge in [0.1, 0.15) is 19.0 Å². The van der Waals surface area contributed by atoms with E-state index in [1.54, 1.807) is 0 Å². The van der Waals surface area contributed by atoms with Crippen LogP contribution in [0, 0.1) is 0 Å². The minimum absolute atomic E-state index is 0.0363. The Hall–Kier alpha value is -1.09. The molecule has 0 spiro atoms. The molecular weight excluding hydrogens is 181 g/mol. The zero-order valence-electron chi connectivity index (χ0n) is 8.37. The molecule has 78 valence electrons. The van der Waals surface area contributed by atoms with E-state index in [9.17, 15) is 4.39 Å². The van der Waals surface area contributed by atoms with Gasteiger partial charge in [0.05, 0.1) is 0 Å². The lowest BCUT2D eigenvalue weighted by atomic mass is 10.0. The second kappa shape index (κ2) is 5.60. The predicted octanol–water partition coefficient (Wildman–Crippen LogP) is 2.44. The van der Waals surface area contributed by atoms with Crippen molar-refractivity contribution in [2.24, 2.45) is 5.73 Å². The van der Waals surface area contributed by atoms with Crippen LogP contribution < -0.4 is 10.5 Å². The Labute approximate surface area is 83.9 Å². The van der Waals surface area contributed by atoms with Crippen LogP contribution in [0.3, 0.4) is 0 Å². The molecule has 0 unspecified atom stereocenters. The summed E-state index contributed by atoms with van der Waals surface area (Å²) in [6, 6.07) is 7.47. The average molecular weight is 197 g/mol. The summed E-state index contributed by atoms with van der Waals surface area (Å²) in [5.41, 5.74) is 6.84. The Morgan fingerprint density at radius 3 is 2.79 bits per heavy atom. The van der Waals surface area contributed by atoms with Gasteiger partial charge in [0.15, 0.2) is 0 Å². The van der Waals surface area contributed by atoms with Crippen molar-refractivity contribution in [3.63, 3.8) is 0 Å². The summed E-state index contributed by atoms with van der Waals surface area (Å²) in [6.07, 6.45) is 0.843. The Bertz CT molecular complexity index is 278. The molecule has 3 heteroatoms. The predicted molar refractivity (Wildman–Crippen MR) is 55.1 cm³/mol. The maximum atomic E-state index is 11.9. The molecule has 0 saturated heterocycles. The zero-order valence-corrected chi connectivity index (χ0v) is 8.37. The molecule has 0 saturated carbocycles. The summed E-state index contributed by atoms with van der Waals surface area (Å²) in [6.45, 7) is 1.62. The maximum Gasteiger partial charge on any atom is 0.124 e. The van der Waals surface area contributed by atoms with Crippen LogP contribution in [-0.4, -0.2) is 13.3 Å². The molecule has 0 radical (unpaired) electrons. The van der Waals surface area contributed by atoms with Gasteiger partial charge in [0.2, 0.25) is 0 Å². The molecule has 0 bridgehead atoms. The van der Waals surface area contributed by atoms with Crippen LogP contribution in [0.4, 0.5) is 4.39 Å². The van der Waals surface area contributed by atoms with Crippen molar-refractivity contribution in [1.29, 1.82) is 0 Å². The van der Waals surface area contributed by atoms with Gasteiger partial charge in [-0.05, 0) is 12.5 Å². The molecule has 2 N–H and O–H groups in total. The molecule has 0 amide bonds. The third-order valence-electron chi connectivity index (χ3n) is 2.09. The molecular formula is C11H16FNO. The summed E-state index contributed by atoms with van der Waals surface area (Å²) in [4.78, 5) is 0. The van der Waals surface area contributed by atoms with Crippen molar-refractivity contribution < 1.29 is 9.13 Å². The highest BCUT2D eigenvalue weighted by Gasteiger charge is 2.09. The van der Waals surface area contributed by atoms with Crippen LogP contribution in [0.1, 0.15) is 24.9 Å². The number of benzene rings is 1. The highest BCUT2D eigenvalue weighted by Crippen LogP contribution is 2.25. The number of rotatable bonds is 5. The third-order valence-corrected chi connectivity index (χ3v) is 2.09. The molecule has 0 aliphatic carbocycles. The smallest absolute Gasteiger partial charge is 0.124 e. The van der Waals surface area contributed by atoms with Gasteiger partial charge in [-0.3, -0.25) is 0 Å². The second-order valence-corrected chi connectivity index (χ2v) is 3.09. The van der Waals surface area contributed by atoms with E-state index in [0.717, 1.165) is 12.0 Å². The van der Waals surface area contributed by atoms with Gasteiger partial charge in [-0.15, -0.1) is 0 Å². The normalized spacial score (nSPS) is 12.5. The van der Waals surface area contributed by atoms with Crippen LogP contribution in [0.5, 0.6) is 5.75 Å². The monoisotopic (exact) mass is 197 g/mol. The van der Waals surface area contributed by atoms with Crippen LogP contribution >= 0.6 is 0 Å². The Balaban J connectivity index is 2.79. The SMILES string of the molecule is CC[C@H](N)c1ccccc1OCCF. The van der Waals surface area contributed by atoms with E-state index in [4.69, 9.17) is 10.5 Å². The number of hydrogen-bond acceptors (Lipinski definition) is 2. The maximum absolute atomic E-state index is 11.9. The number of alkyl halides is 1. The highest BCUT2D eigenvalue weighted by atomic mass is 19.1. The fourth-order valence-electron chi connectivity index (χ4n) is 1.29. The van der Waals surface area contributed by atoms with Crippen molar-refractivity contribution in [2.75, 3.05) is 13.3 Å². The molecule has 0 fully saturated rings. The van der Waals surface area contributed by atoms with E-state index in [0.29, 0.717) is 5.75 Å². The van der Waals surface area contributed by atoms with E-state index in [1.165, 1.54) is 0 Å². The van der Waals surface area contributed by atoms with Crippen molar-refractivity contribution in [1.82, 2.24) is 0 Å². The molecule has 0 aliphatic heterocycles. The number of para-hydroxylation sites is 1. The Morgan fingerprint density at radius 1 is 1.43 bits per heavy atom. The molecule has 2 nitrogen and oxygen atoms in total. The van der Waals surface area contributed by atoms with Crippen molar-refractivity contribution in [3.05, 3.63) is 29.8 Å². The van der Waals surface area contributed by atoms with Crippen LogP contribution in [0.15, 0.2) is 24.3 Å². The fraction of sp³-hybridized carbons (Fsp3) is 0.455. The first-order valence-corrected chi connectivity index (χ1v) is 4.82. The van der Waals surface area contributed by atoms with E-state index in [1.807, 2.05) is 31.2 Å². The molecule has 1 atom stereocenters. The topological polar surface area (TPSA) is 35.2 Å². The summed E-state index contributed by atoms with van der Waals surface area (Å²) in [5, 5.41) is 0. The molecule has 1 aromatic rings. The van der Waals surface area contributed by atoms with E-state index in [2.05, 4.69) is 0 Å². The van der Waals surface area contributed by atoms with Gasteiger partial charge in [0.25, 0.3) is 0 Å². The molecule has 1 rings (SSSR count). The van der Waals surface area contributed by atoms with Crippen LogP contribution in [0.2, 0.25) is 0 Å². The molecule has 1 aromatic carbocycles. The largest absolute Gasteiger partial charge is 0.491 e. The van der Waals surface area contributed by atoms with Gasteiger partial charge in [-0.2, -0.15) is 0 Å². The standard InChI is InChI=1S/C11H16FNO/c1-2-10(13)9-5-3-4-6-11(9)14-8-7-12/h3-6,10H,2,7-8,13H2,1H3/t10-/m0/s1. The summed E-state index contributed by atoms with van der Waals surface area (Å²) < 4.78 is 17.2. The van der Waals surface area contributed by atoms with Crippen molar-refractivity contribution in [3.8, 4) is 5.75 Å². The second-order valence-electron chi connectivity index (χ2n) is 3.09. The molecule has 0 aliphatic rings. The third kappa shape index (κ3) is 2.70. The lowest BCUT2D eigenvalue weighted by molar-refractivity contribution is 0.269. The number of halogens is 1. The first kappa shape index (κ1) is 11.0. The summed E-state index contributed by atoms with van der Waals surface area (Å²) in [7, 11) is 0. The lowest BCUT2D eigenvalue weighted by Crippen LogP contribution is -2.11. The zero-order chi connectivity index (χ0) is 10.4. The molecule has 0 heterocycles. The fourth-order valence-corrected chi connectivity index (χ4v) is 1.29. The van der Waals surface area contributed by atoms with E-state index < -0.39 is 6.67 Å². The van der Waals surface area contributed by atoms with Gasteiger partial charge < -0.3 is 10.5 Å². The van der Waals surface area contributed by atoms with E-state index in [-0.39, 0.29) is 12.6 Å². The number of ether oxygens (including phenoxy) is 1. The van der Waals surface area contributed by atoms with E-state index >= 15 is 0 Å². The van der Waals surface area contributed by atoms with Gasteiger partial charge in [0, 0.05) is 11.6 Å². The van der Waals surface area contributed by atoms with Gasteiger partial charge >= 0.3 is 0 Å². The van der Waals surface area contributed by atoms with Crippen molar-refractivity contribution in [2.45, 2.75) is 19.4 Å². The lowest BCUT2D eigenvalue weighted by Gasteiger charge is -2.14. The number of hydrogen-bond donors (Lipinski definition) is 1.